The third-order valence-corrected chi connectivity index (χ3v) is 2.44. The summed E-state index contributed by atoms with van der Waals surface area (Å²) in [6.07, 6.45) is -5.13. The predicted molar refractivity (Wildman–Crippen MR) is 47.5 cm³/mol. The molecule has 0 saturated carbocycles. The van der Waals surface area contributed by atoms with Crippen LogP contribution in [0.1, 0.15) is 0 Å². The first-order valence-corrected chi connectivity index (χ1v) is 4.58. The highest BCUT2D eigenvalue weighted by atomic mass is 32.1. The highest BCUT2D eigenvalue weighted by Gasteiger charge is 2.43. The van der Waals surface area contributed by atoms with E-state index in [4.69, 9.17) is 9.47 Å². The van der Waals surface area contributed by atoms with Crippen LogP contribution in [0.15, 0.2) is 0 Å². The number of aliphatic hydroxyl groups excluding tert-OH is 3. The molecule has 0 radical (unpaired) electrons. The summed E-state index contributed by atoms with van der Waals surface area (Å²) in [7, 11) is 1.36. The first-order valence-electron chi connectivity index (χ1n) is 3.95. The van der Waals surface area contributed by atoms with E-state index in [9.17, 15) is 15.3 Å². The van der Waals surface area contributed by atoms with Gasteiger partial charge < -0.3 is 24.8 Å². The Labute approximate surface area is 81.7 Å². The summed E-state index contributed by atoms with van der Waals surface area (Å²) in [5.74, 6) is 0.255. The summed E-state index contributed by atoms with van der Waals surface area (Å²) in [6.45, 7) is 0. The molecule has 1 heterocycles. The van der Waals surface area contributed by atoms with E-state index < -0.39 is 30.7 Å². The molecule has 0 unspecified atom stereocenters. The fourth-order valence-electron chi connectivity index (χ4n) is 1.26. The van der Waals surface area contributed by atoms with Crippen molar-refractivity contribution in [3.05, 3.63) is 0 Å². The van der Waals surface area contributed by atoms with Gasteiger partial charge in [-0.3, -0.25) is 0 Å². The molecule has 1 rings (SSSR count). The molecule has 1 saturated heterocycles. The topological polar surface area (TPSA) is 79.2 Å². The van der Waals surface area contributed by atoms with Crippen LogP contribution in [0, 0.1) is 0 Å². The number of rotatable bonds is 2. The van der Waals surface area contributed by atoms with Gasteiger partial charge in [-0.2, -0.15) is 12.6 Å². The van der Waals surface area contributed by atoms with Crippen molar-refractivity contribution in [3.63, 3.8) is 0 Å². The van der Waals surface area contributed by atoms with Crippen LogP contribution in [0.3, 0.4) is 0 Å². The summed E-state index contributed by atoms with van der Waals surface area (Å²) in [5.41, 5.74) is 0. The molecular formula is C7H14O5S. The maximum Gasteiger partial charge on any atom is 0.186 e. The van der Waals surface area contributed by atoms with E-state index in [0.717, 1.165) is 0 Å². The molecular weight excluding hydrogens is 196 g/mol. The molecule has 0 amide bonds. The minimum absolute atomic E-state index is 0.255. The second-order valence-electron chi connectivity index (χ2n) is 2.93. The van der Waals surface area contributed by atoms with Gasteiger partial charge in [-0.15, -0.1) is 0 Å². The van der Waals surface area contributed by atoms with Crippen molar-refractivity contribution in [1.82, 2.24) is 0 Å². The summed E-state index contributed by atoms with van der Waals surface area (Å²) < 4.78 is 9.90. The van der Waals surface area contributed by atoms with Gasteiger partial charge in [0.25, 0.3) is 0 Å². The molecule has 6 heteroatoms. The minimum Gasteiger partial charge on any atom is -0.388 e. The lowest BCUT2D eigenvalue weighted by molar-refractivity contribution is -0.284. The van der Waals surface area contributed by atoms with Gasteiger partial charge in [-0.05, 0) is 0 Å². The summed E-state index contributed by atoms with van der Waals surface area (Å²) in [4.78, 5) is 0. The van der Waals surface area contributed by atoms with Crippen molar-refractivity contribution >= 4 is 12.6 Å². The Bertz CT molecular complexity index is 147. The second-order valence-corrected chi connectivity index (χ2v) is 3.30. The average Bonchev–Trinajstić information content (AvgIpc) is 2.15. The normalized spacial score (nSPS) is 46.4. The van der Waals surface area contributed by atoms with E-state index >= 15 is 0 Å². The molecule has 5 nitrogen and oxygen atoms in total. The molecule has 1 aliphatic heterocycles. The lowest BCUT2D eigenvalue weighted by Gasteiger charge is -2.39. The van der Waals surface area contributed by atoms with E-state index in [-0.39, 0.29) is 5.75 Å². The third kappa shape index (κ3) is 2.15. The van der Waals surface area contributed by atoms with E-state index in [0.29, 0.717) is 0 Å². The largest absolute Gasteiger partial charge is 0.388 e. The Hall–Kier alpha value is 0.150. The molecule has 0 aliphatic carbocycles. The van der Waals surface area contributed by atoms with Gasteiger partial charge in [-0.1, -0.05) is 0 Å². The highest BCUT2D eigenvalue weighted by Crippen LogP contribution is 2.21. The number of aliphatic hydroxyl groups is 3. The zero-order valence-electron chi connectivity index (χ0n) is 7.20. The fourth-order valence-corrected chi connectivity index (χ4v) is 1.56. The molecule has 0 aromatic carbocycles. The molecule has 13 heavy (non-hydrogen) atoms. The fraction of sp³-hybridized carbons (Fsp3) is 1.00. The third-order valence-electron chi connectivity index (χ3n) is 2.08. The van der Waals surface area contributed by atoms with Crippen molar-refractivity contribution in [2.45, 2.75) is 30.7 Å². The Morgan fingerprint density at radius 2 is 1.85 bits per heavy atom. The lowest BCUT2D eigenvalue weighted by Crippen LogP contribution is -2.58. The van der Waals surface area contributed by atoms with Gasteiger partial charge in [0.1, 0.15) is 18.3 Å². The Balaban J connectivity index is 2.66. The first-order chi connectivity index (χ1) is 6.11. The van der Waals surface area contributed by atoms with Crippen LogP contribution >= 0.6 is 12.6 Å². The summed E-state index contributed by atoms with van der Waals surface area (Å²) in [6, 6.07) is 0. The number of methoxy groups -OCH3 is 1. The SMILES string of the molecule is CO[C@@H]1O[C@H](CS)[C@@H](O)[C@H](O)[C@H]1O. The number of thiol groups is 1. The van der Waals surface area contributed by atoms with Crippen molar-refractivity contribution < 1.29 is 24.8 Å². The van der Waals surface area contributed by atoms with Gasteiger partial charge in [0, 0.05) is 12.9 Å². The minimum atomic E-state index is -1.25. The van der Waals surface area contributed by atoms with E-state index in [1.165, 1.54) is 7.11 Å². The Morgan fingerprint density at radius 1 is 1.23 bits per heavy atom. The molecule has 0 spiro atoms. The maximum absolute atomic E-state index is 9.38. The molecule has 0 bridgehead atoms. The van der Waals surface area contributed by atoms with Gasteiger partial charge in [-0.25, -0.2) is 0 Å². The molecule has 3 N–H and O–H groups in total. The second kappa shape index (κ2) is 4.59. The zero-order valence-corrected chi connectivity index (χ0v) is 8.09. The zero-order chi connectivity index (χ0) is 10.0. The molecule has 0 aromatic rings. The van der Waals surface area contributed by atoms with Crippen LogP contribution in [-0.2, 0) is 9.47 Å². The monoisotopic (exact) mass is 210 g/mol. The smallest absolute Gasteiger partial charge is 0.186 e. The van der Waals surface area contributed by atoms with Crippen LogP contribution < -0.4 is 0 Å². The van der Waals surface area contributed by atoms with Gasteiger partial charge in [0.05, 0.1) is 6.10 Å². The molecule has 1 aliphatic rings. The van der Waals surface area contributed by atoms with E-state index in [1.807, 2.05) is 0 Å². The number of ether oxygens (including phenoxy) is 2. The predicted octanol–water partition coefficient (Wildman–Crippen LogP) is -1.63. The van der Waals surface area contributed by atoms with Crippen molar-refractivity contribution in [1.29, 1.82) is 0 Å². The Morgan fingerprint density at radius 3 is 2.31 bits per heavy atom. The van der Waals surface area contributed by atoms with Crippen LogP contribution in [0.2, 0.25) is 0 Å². The Kier molecular flexibility index (Phi) is 3.96. The lowest BCUT2D eigenvalue weighted by atomic mass is 10.00. The molecule has 5 atom stereocenters. The van der Waals surface area contributed by atoms with Crippen molar-refractivity contribution in [3.8, 4) is 0 Å². The van der Waals surface area contributed by atoms with Crippen LogP contribution in [-0.4, -0.2) is 58.9 Å². The summed E-state index contributed by atoms with van der Waals surface area (Å²) in [5, 5.41) is 28.1. The highest BCUT2D eigenvalue weighted by molar-refractivity contribution is 7.80. The van der Waals surface area contributed by atoms with Crippen molar-refractivity contribution in [2.75, 3.05) is 12.9 Å². The van der Waals surface area contributed by atoms with Crippen LogP contribution in [0.5, 0.6) is 0 Å². The standard InChI is InChI=1S/C7H14O5S/c1-11-7-6(10)5(9)4(8)3(2-13)12-7/h3-10,13H,2H2,1H3/t3-,4-,5+,6-,7-/m1/s1. The molecule has 1 fully saturated rings. The average molecular weight is 210 g/mol. The van der Waals surface area contributed by atoms with Gasteiger partial charge in [0.2, 0.25) is 0 Å². The van der Waals surface area contributed by atoms with Gasteiger partial charge in [0.15, 0.2) is 6.29 Å². The first kappa shape index (κ1) is 11.2. The summed E-state index contributed by atoms with van der Waals surface area (Å²) >= 11 is 3.94. The van der Waals surface area contributed by atoms with E-state index in [2.05, 4.69) is 12.6 Å². The maximum atomic E-state index is 9.38. The van der Waals surface area contributed by atoms with Crippen LogP contribution in [0.25, 0.3) is 0 Å². The molecule has 78 valence electrons. The number of hydrogen-bond acceptors (Lipinski definition) is 6. The van der Waals surface area contributed by atoms with Crippen molar-refractivity contribution in [2.24, 2.45) is 0 Å². The quantitative estimate of drug-likeness (QED) is 0.412. The van der Waals surface area contributed by atoms with Crippen LogP contribution in [0.4, 0.5) is 0 Å². The molecule has 0 aromatic heterocycles. The van der Waals surface area contributed by atoms with E-state index in [1.54, 1.807) is 0 Å². The van der Waals surface area contributed by atoms with Gasteiger partial charge >= 0.3 is 0 Å². The number of hydrogen-bond donors (Lipinski definition) is 4.